The van der Waals surface area contributed by atoms with Crippen molar-refractivity contribution in [3.05, 3.63) is 29.8 Å². The Morgan fingerprint density at radius 1 is 1.25 bits per heavy atom. The summed E-state index contributed by atoms with van der Waals surface area (Å²) in [6, 6.07) is 7.78. The number of carbonyl (C=O) groups is 1. The molecular weight excluding hydrogens is 272 g/mol. The fourth-order valence-corrected chi connectivity index (χ4v) is 4.20. The number of para-hydroxylation sites is 1. The molecule has 2 aliphatic rings. The Bertz CT molecular complexity index is 500. The molecule has 1 amide bonds. The molecule has 2 aliphatic heterocycles. The van der Waals surface area contributed by atoms with Gasteiger partial charge < -0.3 is 10.5 Å². The number of thioether (sulfide) groups is 1. The van der Waals surface area contributed by atoms with E-state index in [9.17, 15) is 4.79 Å². The van der Waals surface area contributed by atoms with E-state index in [4.69, 9.17) is 10.5 Å². The smallest absolute Gasteiger partial charge is 0.414 e. The van der Waals surface area contributed by atoms with Crippen molar-refractivity contribution in [1.82, 2.24) is 0 Å². The Morgan fingerprint density at radius 2 is 2.00 bits per heavy atom. The Labute approximate surface area is 123 Å². The quantitative estimate of drug-likeness (QED) is 0.910. The Kier molecular flexibility index (Phi) is 3.89. The summed E-state index contributed by atoms with van der Waals surface area (Å²) in [6.45, 7) is 1.16. The summed E-state index contributed by atoms with van der Waals surface area (Å²) in [4.78, 5) is 14.1. The van der Waals surface area contributed by atoms with Crippen LogP contribution in [0.4, 0.5) is 10.5 Å². The number of benzene rings is 1. The molecule has 1 aromatic rings. The molecular formula is C15H20N2O2S. The van der Waals surface area contributed by atoms with Gasteiger partial charge in [-0.15, -0.1) is 0 Å². The first-order valence-corrected chi connectivity index (χ1v) is 8.26. The number of amides is 1. The SMILES string of the molecule is NCc1ccccc1N1CCC2(CCSCC2)OC1=O. The van der Waals surface area contributed by atoms with Gasteiger partial charge in [-0.05, 0) is 36.0 Å². The third-order valence-corrected chi connectivity index (χ3v) is 5.21. The summed E-state index contributed by atoms with van der Waals surface area (Å²) >= 11 is 1.95. The van der Waals surface area contributed by atoms with Gasteiger partial charge in [0.15, 0.2) is 0 Å². The van der Waals surface area contributed by atoms with E-state index in [1.165, 1.54) is 0 Å². The van der Waals surface area contributed by atoms with E-state index < -0.39 is 0 Å². The average molecular weight is 292 g/mol. The predicted molar refractivity (Wildman–Crippen MR) is 82.1 cm³/mol. The fraction of sp³-hybridized carbons (Fsp3) is 0.533. The van der Waals surface area contributed by atoms with Crippen molar-refractivity contribution in [3.8, 4) is 0 Å². The fourth-order valence-electron chi connectivity index (χ4n) is 2.96. The zero-order valence-corrected chi connectivity index (χ0v) is 12.3. The molecule has 2 saturated heterocycles. The molecule has 0 unspecified atom stereocenters. The van der Waals surface area contributed by atoms with Gasteiger partial charge >= 0.3 is 6.09 Å². The van der Waals surface area contributed by atoms with Crippen molar-refractivity contribution in [1.29, 1.82) is 0 Å². The molecule has 0 radical (unpaired) electrons. The lowest BCUT2D eigenvalue weighted by Gasteiger charge is -2.43. The first kappa shape index (κ1) is 13.8. The molecule has 2 N–H and O–H groups in total. The first-order chi connectivity index (χ1) is 9.74. The van der Waals surface area contributed by atoms with Crippen LogP contribution < -0.4 is 10.6 Å². The molecule has 0 bridgehead atoms. The molecule has 2 fully saturated rings. The average Bonchev–Trinajstić information content (AvgIpc) is 2.48. The van der Waals surface area contributed by atoms with Gasteiger partial charge in [-0.2, -0.15) is 11.8 Å². The molecule has 20 heavy (non-hydrogen) atoms. The van der Waals surface area contributed by atoms with Gasteiger partial charge in [0.2, 0.25) is 0 Å². The van der Waals surface area contributed by atoms with E-state index in [2.05, 4.69) is 0 Å². The second-order valence-corrected chi connectivity index (χ2v) is 6.62. The van der Waals surface area contributed by atoms with Crippen LogP contribution in [0.3, 0.4) is 0 Å². The summed E-state index contributed by atoms with van der Waals surface area (Å²) in [6.07, 6.45) is 2.66. The van der Waals surface area contributed by atoms with Gasteiger partial charge in [-0.1, -0.05) is 18.2 Å². The topological polar surface area (TPSA) is 55.6 Å². The van der Waals surface area contributed by atoms with Crippen molar-refractivity contribution >= 4 is 23.5 Å². The van der Waals surface area contributed by atoms with E-state index in [0.717, 1.165) is 48.6 Å². The second-order valence-electron chi connectivity index (χ2n) is 5.40. The standard InChI is InChI=1S/C15H20N2O2S/c16-11-12-3-1-2-4-13(12)17-8-5-15(19-14(17)18)6-9-20-10-7-15/h1-4H,5-11,16H2. The minimum atomic E-state index is -0.218. The lowest BCUT2D eigenvalue weighted by Crippen LogP contribution is -2.51. The van der Waals surface area contributed by atoms with Gasteiger partial charge in [-0.25, -0.2) is 4.79 Å². The number of hydrogen-bond acceptors (Lipinski definition) is 4. The van der Waals surface area contributed by atoms with Crippen LogP contribution in [0.15, 0.2) is 24.3 Å². The molecule has 0 aliphatic carbocycles. The zero-order valence-electron chi connectivity index (χ0n) is 11.5. The molecule has 1 spiro atoms. The van der Waals surface area contributed by atoms with E-state index in [-0.39, 0.29) is 11.7 Å². The highest BCUT2D eigenvalue weighted by molar-refractivity contribution is 7.99. The van der Waals surface area contributed by atoms with Crippen LogP contribution in [0, 0.1) is 0 Å². The number of ether oxygens (including phenoxy) is 1. The molecule has 0 saturated carbocycles. The molecule has 1 aromatic carbocycles. The van der Waals surface area contributed by atoms with E-state index >= 15 is 0 Å². The summed E-state index contributed by atoms with van der Waals surface area (Å²) in [5.41, 5.74) is 7.42. The largest absolute Gasteiger partial charge is 0.442 e. The van der Waals surface area contributed by atoms with Gasteiger partial charge in [0.05, 0.1) is 5.69 Å². The molecule has 108 valence electrons. The van der Waals surface area contributed by atoms with Crippen molar-refractivity contribution in [2.45, 2.75) is 31.4 Å². The number of anilines is 1. The van der Waals surface area contributed by atoms with Crippen molar-refractivity contribution in [2.75, 3.05) is 23.0 Å². The maximum Gasteiger partial charge on any atom is 0.414 e. The maximum atomic E-state index is 12.4. The first-order valence-electron chi connectivity index (χ1n) is 7.10. The summed E-state index contributed by atoms with van der Waals surface area (Å²) in [5.74, 6) is 2.18. The van der Waals surface area contributed by atoms with Crippen LogP contribution in [0.5, 0.6) is 0 Å². The third kappa shape index (κ3) is 2.52. The Balaban J connectivity index is 1.79. The summed E-state index contributed by atoms with van der Waals surface area (Å²) in [5, 5.41) is 0. The number of nitrogens with zero attached hydrogens (tertiary/aromatic N) is 1. The van der Waals surface area contributed by atoms with Crippen LogP contribution in [-0.2, 0) is 11.3 Å². The molecule has 2 heterocycles. The minimum Gasteiger partial charge on any atom is -0.442 e. The van der Waals surface area contributed by atoms with E-state index in [1.54, 1.807) is 4.90 Å². The Hall–Kier alpha value is -1.20. The normalized spacial score (nSPS) is 21.9. The second kappa shape index (κ2) is 5.66. The van der Waals surface area contributed by atoms with Gasteiger partial charge in [-0.3, -0.25) is 4.90 Å². The van der Waals surface area contributed by atoms with E-state index in [1.807, 2.05) is 36.0 Å². The highest BCUT2D eigenvalue weighted by atomic mass is 32.2. The van der Waals surface area contributed by atoms with Gasteiger partial charge in [0.1, 0.15) is 5.60 Å². The van der Waals surface area contributed by atoms with Crippen LogP contribution in [-0.4, -0.2) is 29.7 Å². The van der Waals surface area contributed by atoms with Crippen molar-refractivity contribution in [3.63, 3.8) is 0 Å². The minimum absolute atomic E-state index is 0.212. The molecule has 0 atom stereocenters. The highest BCUT2D eigenvalue weighted by Crippen LogP contribution is 2.38. The Morgan fingerprint density at radius 3 is 2.70 bits per heavy atom. The summed E-state index contributed by atoms with van der Waals surface area (Å²) < 4.78 is 5.81. The molecule has 3 rings (SSSR count). The van der Waals surface area contributed by atoms with E-state index in [0.29, 0.717) is 6.54 Å². The lowest BCUT2D eigenvalue weighted by atomic mass is 9.91. The zero-order chi connectivity index (χ0) is 14.0. The number of hydrogen-bond donors (Lipinski definition) is 1. The number of nitrogens with two attached hydrogens (primary N) is 1. The number of rotatable bonds is 2. The van der Waals surface area contributed by atoms with Crippen LogP contribution in [0.25, 0.3) is 0 Å². The van der Waals surface area contributed by atoms with Crippen LogP contribution in [0.1, 0.15) is 24.8 Å². The molecule has 4 nitrogen and oxygen atoms in total. The molecule has 5 heteroatoms. The van der Waals surface area contributed by atoms with Gasteiger partial charge in [0.25, 0.3) is 0 Å². The highest BCUT2D eigenvalue weighted by Gasteiger charge is 2.42. The van der Waals surface area contributed by atoms with Crippen LogP contribution in [0.2, 0.25) is 0 Å². The monoisotopic (exact) mass is 292 g/mol. The molecule has 0 aromatic heterocycles. The third-order valence-electron chi connectivity index (χ3n) is 4.22. The van der Waals surface area contributed by atoms with Gasteiger partial charge in [0, 0.05) is 19.5 Å². The predicted octanol–water partition coefficient (Wildman–Crippen LogP) is 2.76. The number of carbonyl (C=O) groups excluding carboxylic acids is 1. The van der Waals surface area contributed by atoms with Crippen molar-refractivity contribution < 1.29 is 9.53 Å². The maximum absolute atomic E-state index is 12.4. The summed E-state index contributed by atoms with van der Waals surface area (Å²) in [7, 11) is 0. The lowest BCUT2D eigenvalue weighted by molar-refractivity contribution is -0.0108. The van der Waals surface area contributed by atoms with Crippen LogP contribution >= 0.6 is 11.8 Å². The van der Waals surface area contributed by atoms with Crippen molar-refractivity contribution in [2.24, 2.45) is 5.73 Å².